The first-order valence-corrected chi connectivity index (χ1v) is 12.9. The fourth-order valence-corrected chi connectivity index (χ4v) is 5.87. The molecule has 38 heavy (non-hydrogen) atoms. The van der Waals surface area contributed by atoms with Crippen molar-refractivity contribution >= 4 is 49.5 Å². The molecular formula is C26H18F3N5O3S. The van der Waals surface area contributed by atoms with Crippen molar-refractivity contribution in [3.05, 3.63) is 83.6 Å². The summed E-state index contributed by atoms with van der Waals surface area (Å²) in [5, 5.41) is 18.3. The standard InChI is InChI=1S/C26H18F3N5O3S/c27-26(28,29)16-3-1-4-17(11-16)33-25(35)34-19-6-2-5-18(12-19)32-24-15(13-30)14-31-21-7-8-22-20(23(21)24)9-10-38(22,36)37/h1-8,11-12,14H,9-10H2,(H,31,32)(H2,33,34,35). The van der Waals surface area contributed by atoms with Gasteiger partial charge in [0.2, 0.25) is 0 Å². The van der Waals surface area contributed by atoms with Crippen LogP contribution in [0, 0.1) is 11.3 Å². The molecule has 8 nitrogen and oxygen atoms in total. The number of nitrogens with zero attached hydrogens (tertiary/aromatic N) is 2. The Bertz CT molecular complexity index is 1750. The Hall–Kier alpha value is -4.63. The number of fused-ring (bicyclic) bond motifs is 3. The summed E-state index contributed by atoms with van der Waals surface area (Å²) in [6.07, 6.45) is -2.86. The molecule has 0 radical (unpaired) electrons. The van der Waals surface area contributed by atoms with Gasteiger partial charge in [-0.2, -0.15) is 18.4 Å². The maximum atomic E-state index is 12.9. The smallest absolute Gasteiger partial charge is 0.354 e. The number of hydrogen-bond donors (Lipinski definition) is 3. The van der Waals surface area contributed by atoms with Crippen LogP contribution in [0.1, 0.15) is 16.7 Å². The van der Waals surface area contributed by atoms with Crippen LogP contribution in [0.25, 0.3) is 10.9 Å². The molecule has 2 amide bonds. The minimum atomic E-state index is -4.54. The molecule has 0 bridgehead atoms. The third kappa shape index (κ3) is 4.83. The van der Waals surface area contributed by atoms with Gasteiger partial charge in [0, 0.05) is 28.6 Å². The van der Waals surface area contributed by atoms with Crippen molar-refractivity contribution < 1.29 is 26.4 Å². The maximum absolute atomic E-state index is 12.9. The lowest BCUT2D eigenvalue weighted by Gasteiger charge is -2.15. The van der Waals surface area contributed by atoms with Gasteiger partial charge in [0.05, 0.1) is 33.0 Å². The van der Waals surface area contributed by atoms with Crippen molar-refractivity contribution in [3.8, 4) is 6.07 Å². The predicted octanol–water partition coefficient (Wildman–Crippen LogP) is 5.84. The van der Waals surface area contributed by atoms with Crippen molar-refractivity contribution in [2.45, 2.75) is 17.5 Å². The van der Waals surface area contributed by atoms with E-state index in [9.17, 15) is 31.6 Å². The molecule has 4 aromatic rings. The third-order valence-corrected chi connectivity index (χ3v) is 7.81. The lowest BCUT2D eigenvalue weighted by molar-refractivity contribution is -0.137. The molecule has 3 aromatic carbocycles. The molecule has 1 aromatic heterocycles. The van der Waals surface area contributed by atoms with Crippen LogP contribution in [0.5, 0.6) is 0 Å². The molecule has 3 N–H and O–H groups in total. The predicted molar refractivity (Wildman–Crippen MR) is 136 cm³/mol. The monoisotopic (exact) mass is 537 g/mol. The first-order valence-electron chi connectivity index (χ1n) is 11.2. The second-order valence-electron chi connectivity index (χ2n) is 8.53. The Balaban J connectivity index is 1.42. The average molecular weight is 538 g/mol. The Labute approximate surface area is 215 Å². The van der Waals surface area contributed by atoms with Gasteiger partial charge in [-0.25, -0.2) is 13.2 Å². The number of urea groups is 1. The highest BCUT2D eigenvalue weighted by atomic mass is 32.2. The summed E-state index contributed by atoms with van der Waals surface area (Å²) < 4.78 is 63.8. The highest BCUT2D eigenvalue weighted by Gasteiger charge is 2.31. The minimum Gasteiger partial charge on any atom is -0.354 e. The Morgan fingerprint density at radius 1 is 0.974 bits per heavy atom. The molecule has 0 atom stereocenters. The van der Waals surface area contributed by atoms with E-state index in [4.69, 9.17) is 0 Å². The topological polar surface area (TPSA) is 124 Å². The minimum absolute atomic E-state index is 0.0297. The molecule has 1 aliphatic heterocycles. The lowest BCUT2D eigenvalue weighted by Crippen LogP contribution is -2.19. The zero-order valence-corrected chi connectivity index (χ0v) is 20.2. The summed E-state index contributed by atoms with van der Waals surface area (Å²) >= 11 is 0. The van der Waals surface area contributed by atoms with Crippen molar-refractivity contribution in [1.29, 1.82) is 5.26 Å². The van der Waals surface area contributed by atoms with Crippen LogP contribution in [0.3, 0.4) is 0 Å². The van der Waals surface area contributed by atoms with Gasteiger partial charge in [0.15, 0.2) is 9.84 Å². The highest BCUT2D eigenvalue weighted by molar-refractivity contribution is 7.91. The Kier molecular flexibility index (Phi) is 6.16. The van der Waals surface area contributed by atoms with Gasteiger partial charge in [0.25, 0.3) is 0 Å². The molecule has 2 heterocycles. The van der Waals surface area contributed by atoms with Gasteiger partial charge in [-0.15, -0.1) is 0 Å². The number of sulfone groups is 1. The number of carbonyl (C=O) groups excluding carboxylic acids is 1. The number of pyridine rings is 1. The normalized spacial score (nSPS) is 13.9. The second-order valence-corrected chi connectivity index (χ2v) is 10.6. The molecule has 0 saturated carbocycles. The van der Waals surface area contributed by atoms with Gasteiger partial charge in [-0.05, 0) is 60.5 Å². The summed E-state index contributed by atoms with van der Waals surface area (Å²) in [6.45, 7) is 0. The number of aromatic nitrogens is 1. The van der Waals surface area contributed by atoms with Gasteiger partial charge in [-0.1, -0.05) is 12.1 Å². The van der Waals surface area contributed by atoms with E-state index in [1.807, 2.05) is 0 Å². The van der Waals surface area contributed by atoms with Crippen molar-refractivity contribution in [1.82, 2.24) is 4.98 Å². The van der Waals surface area contributed by atoms with E-state index in [2.05, 4.69) is 27.0 Å². The van der Waals surface area contributed by atoms with Gasteiger partial charge < -0.3 is 16.0 Å². The molecule has 0 fully saturated rings. The molecule has 0 saturated heterocycles. The zero-order chi connectivity index (χ0) is 27.1. The van der Waals surface area contributed by atoms with E-state index < -0.39 is 27.6 Å². The number of rotatable bonds is 4. The van der Waals surface area contributed by atoms with Gasteiger partial charge in [-0.3, -0.25) is 4.98 Å². The summed E-state index contributed by atoms with van der Waals surface area (Å²) in [6, 6.07) is 15.2. The molecular weight excluding hydrogens is 519 g/mol. The molecule has 12 heteroatoms. The number of anilines is 4. The number of carbonyl (C=O) groups is 1. The Morgan fingerprint density at radius 2 is 1.66 bits per heavy atom. The van der Waals surface area contributed by atoms with Crippen LogP contribution < -0.4 is 16.0 Å². The SMILES string of the molecule is N#Cc1cnc2ccc3c(c2c1Nc1cccc(NC(=O)Nc2cccc(C(F)(F)F)c2)c1)CCS3(=O)=O. The molecule has 0 unspecified atom stereocenters. The van der Waals surface area contributed by atoms with Crippen LogP contribution in [0.4, 0.5) is 40.7 Å². The zero-order valence-electron chi connectivity index (χ0n) is 19.4. The molecule has 0 aliphatic carbocycles. The van der Waals surface area contributed by atoms with E-state index in [-0.39, 0.29) is 28.3 Å². The second kappa shape index (κ2) is 9.35. The maximum Gasteiger partial charge on any atom is 0.416 e. The molecule has 1 aliphatic rings. The summed E-state index contributed by atoms with van der Waals surface area (Å²) in [4.78, 5) is 17.0. The molecule has 5 rings (SSSR count). The number of aryl methyl sites for hydroxylation is 1. The van der Waals surface area contributed by atoms with Crippen molar-refractivity contribution in [2.24, 2.45) is 0 Å². The number of nitriles is 1. The first-order chi connectivity index (χ1) is 18.0. The van der Waals surface area contributed by atoms with Crippen molar-refractivity contribution in [3.63, 3.8) is 0 Å². The number of amides is 2. The van der Waals surface area contributed by atoms with Crippen LogP contribution in [-0.4, -0.2) is 25.2 Å². The number of halogens is 3. The summed E-state index contributed by atoms with van der Waals surface area (Å²) in [5.41, 5.74) is 1.58. The molecule has 192 valence electrons. The quantitative estimate of drug-likeness (QED) is 0.300. The van der Waals surface area contributed by atoms with E-state index in [1.54, 1.807) is 30.3 Å². The summed E-state index contributed by atoms with van der Waals surface area (Å²) in [7, 11) is -3.42. The van der Waals surface area contributed by atoms with Crippen LogP contribution >= 0.6 is 0 Å². The van der Waals surface area contributed by atoms with Crippen LogP contribution in [-0.2, 0) is 22.4 Å². The van der Waals surface area contributed by atoms with E-state index in [1.165, 1.54) is 24.4 Å². The fourth-order valence-electron chi connectivity index (χ4n) is 4.32. The van der Waals surface area contributed by atoms with E-state index in [0.29, 0.717) is 33.5 Å². The number of nitrogens with one attached hydrogen (secondary N) is 3. The third-order valence-electron chi connectivity index (χ3n) is 6.01. The number of benzene rings is 3. The highest BCUT2D eigenvalue weighted by Crippen LogP contribution is 2.38. The first kappa shape index (κ1) is 25.0. The lowest BCUT2D eigenvalue weighted by atomic mass is 10.0. The van der Waals surface area contributed by atoms with Gasteiger partial charge >= 0.3 is 12.2 Å². The van der Waals surface area contributed by atoms with Crippen LogP contribution in [0.2, 0.25) is 0 Å². The van der Waals surface area contributed by atoms with Crippen molar-refractivity contribution in [2.75, 3.05) is 21.7 Å². The average Bonchev–Trinajstić information content (AvgIpc) is 3.18. The largest absolute Gasteiger partial charge is 0.416 e. The Morgan fingerprint density at radius 3 is 2.37 bits per heavy atom. The number of alkyl halides is 3. The van der Waals surface area contributed by atoms with Gasteiger partial charge in [0.1, 0.15) is 6.07 Å². The summed E-state index contributed by atoms with van der Waals surface area (Å²) in [5.74, 6) is -0.0297. The fraction of sp³-hybridized carbons (Fsp3) is 0.115. The van der Waals surface area contributed by atoms with E-state index >= 15 is 0 Å². The van der Waals surface area contributed by atoms with E-state index in [0.717, 1.165) is 12.1 Å². The molecule has 0 spiro atoms. The number of hydrogen-bond acceptors (Lipinski definition) is 6. The van der Waals surface area contributed by atoms with Crippen LogP contribution in [0.15, 0.2) is 71.8 Å².